The number of nitrogens with zero attached hydrogens (tertiary/aromatic N) is 1. The van der Waals surface area contributed by atoms with E-state index in [0.29, 0.717) is 12.2 Å². The van der Waals surface area contributed by atoms with Crippen LogP contribution in [0.3, 0.4) is 0 Å². The molecule has 5 nitrogen and oxygen atoms in total. The summed E-state index contributed by atoms with van der Waals surface area (Å²) in [6.07, 6.45) is 6.86. The maximum absolute atomic E-state index is 11.3. The van der Waals surface area contributed by atoms with Crippen molar-refractivity contribution in [1.29, 1.82) is 0 Å². The molecule has 0 saturated carbocycles. The van der Waals surface area contributed by atoms with E-state index in [1.54, 1.807) is 6.92 Å². The molecule has 0 bridgehead atoms. The standard InChI is InChI=1S/C10H13NO4S/c1-3-15-10(12)8-4-6-9(7-5-8)11-16(2,13)14/h4-7,12H,3H2,1-2H3/p-1. The first-order valence-electron chi connectivity index (χ1n) is 4.62. The van der Waals surface area contributed by atoms with E-state index in [1.807, 2.05) is 0 Å². The van der Waals surface area contributed by atoms with Crippen LogP contribution in [0.15, 0.2) is 40.2 Å². The molecule has 0 aromatic rings. The van der Waals surface area contributed by atoms with Gasteiger partial charge in [-0.25, -0.2) is 8.42 Å². The molecule has 6 heteroatoms. The highest BCUT2D eigenvalue weighted by Gasteiger charge is 2.03. The van der Waals surface area contributed by atoms with Gasteiger partial charge in [-0.1, -0.05) is 19.1 Å². The van der Waals surface area contributed by atoms with Crippen LogP contribution in [0, 0.1) is 0 Å². The van der Waals surface area contributed by atoms with Crippen molar-refractivity contribution < 1.29 is 18.3 Å². The lowest BCUT2D eigenvalue weighted by molar-refractivity contribution is -0.357. The molecule has 0 radical (unpaired) electrons. The van der Waals surface area contributed by atoms with Crippen LogP contribution < -0.4 is 5.11 Å². The third-order valence-corrected chi connectivity index (χ3v) is 2.19. The maximum Gasteiger partial charge on any atom is 0.250 e. The van der Waals surface area contributed by atoms with Gasteiger partial charge < -0.3 is 9.84 Å². The smallest absolute Gasteiger partial charge is 0.250 e. The second kappa shape index (κ2) is 4.98. The number of rotatable bonds is 3. The van der Waals surface area contributed by atoms with Gasteiger partial charge in [0.05, 0.1) is 17.9 Å². The van der Waals surface area contributed by atoms with Crippen LogP contribution in [-0.2, 0) is 14.8 Å². The van der Waals surface area contributed by atoms with Crippen molar-refractivity contribution in [2.75, 3.05) is 12.9 Å². The molecule has 0 aromatic carbocycles. The highest BCUT2D eigenvalue weighted by Crippen LogP contribution is 2.10. The Morgan fingerprint density at radius 1 is 1.38 bits per heavy atom. The fourth-order valence-electron chi connectivity index (χ4n) is 1.06. The quantitative estimate of drug-likeness (QED) is 0.658. The van der Waals surface area contributed by atoms with Gasteiger partial charge >= 0.3 is 0 Å². The van der Waals surface area contributed by atoms with Gasteiger partial charge in [-0.15, -0.1) is 0 Å². The van der Waals surface area contributed by atoms with Gasteiger partial charge in [-0.2, -0.15) is 4.40 Å². The predicted molar refractivity (Wildman–Crippen MR) is 59.2 cm³/mol. The van der Waals surface area contributed by atoms with Gasteiger partial charge in [0.2, 0.25) is 0 Å². The summed E-state index contributed by atoms with van der Waals surface area (Å²) >= 11 is 0. The SMILES string of the molecule is CCOC([O-])=C1C=CC(=NS(C)(=O)=O)C=C1. The molecular formula is C10H12NO4S-. The van der Waals surface area contributed by atoms with Crippen molar-refractivity contribution in [3.05, 3.63) is 35.8 Å². The molecule has 1 aliphatic carbocycles. The first kappa shape index (κ1) is 12.5. The van der Waals surface area contributed by atoms with Gasteiger partial charge in [-0.05, 0) is 24.3 Å². The van der Waals surface area contributed by atoms with Crippen molar-refractivity contribution >= 4 is 15.7 Å². The molecule has 0 N–H and O–H groups in total. The number of sulfonamides is 1. The normalized spacial score (nSPS) is 15.1. The molecule has 0 unspecified atom stereocenters. The Bertz CT molecular complexity index is 465. The monoisotopic (exact) mass is 242 g/mol. The fraction of sp³-hybridized carbons (Fsp3) is 0.300. The Morgan fingerprint density at radius 3 is 2.38 bits per heavy atom. The summed E-state index contributed by atoms with van der Waals surface area (Å²) in [4.78, 5) is 0. The van der Waals surface area contributed by atoms with Crippen LogP contribution in [0.2, 0.25) is 0 Å². The average Bonchev–Trinajstić information content (AvgIpc) is 2.16. The van der Waals surface area contributed by atoms with Crippen LogP contribution in [0.1, 0.15) is 6.92 Å². The molecule has 0 fully saturated rings. The highest BCUT2D eigenvalue weighted by molar-refractivity contribution is 7.89. The number of hydrogen-bond donors (Lipinski definition) is 0. The minimum atomic E-state index is -3.41. The van der Waals surface area contributed by atoms with Crippen LogP contribution in [0.25, 0.3) is 0 Å². The summed E-state index contributed by atoms with van der Waals surface area (Å²) in [7, 11) is -3.41. The fourth-order valence-corrected chi connectivity index (χ4v) is 1.57. The first-order chi connectivity index (χ1) is 7.42. The topological polar surface area (TPSA) is 78.8 Å². The summed E-state index contributed by atoms with van der Waals surface area (Å²) in [5, 5.41) is 11.3. The molecule has 1 aliphatic rings. The molecule has 0 aliphatic heterocycles. The Labute approximate surface area is 94.5 Å². The molecular weight excluding hydrogens is 230 g/mol. The Morgan fingerprint density at radius 2 is 1.94 bits per heavy atom. The average molecular weight is 242 g/mol. The summed E-state index contributed by atoms with van der Waals surface area (Å²) in [6.45, 7) is 2.01. The van der Waals surface area contributed by atoms with Gasteiger partial charge in [0, 0.05) is 0 Å². The van der Waals surface area contributed by atoms with E-state index in [-0.39, 0.29) is 5.71 Å². The summed E-state index contributed by atoms with van der Waals surface area (Å²) in [5.74, 6) is -0.437. The van der Waals surface area contributed by atoms with E-state index >= 15 is 0 Å². The minimum Gasteiger partial charge on any atom is -0.613 e. The van der Waals surface area contributed by atoms with E-state index < -0.39 is 16.0 Å². The van der Waals surface area contributed by atoms with Crippen molar-refractivity contribution in [3.63, 3.8) is 0 Å². The van der Waals surface area contributed by atoms with Gasteiger partial charge in [0.15, 0.2) is 0 Å². The maximum atomic E-state index is 11.3. The van der Waals surface area contributed by atoms with Crippen LogP contribution in [-0.4, -0.2) is 27.0 Å². The third-order valence-electron chi connectivity index (χ3n) is 1.65. The minimum absolute atomic E-state index is 0.288. The van der Waals surface area contributed by atoms with E-state index in [4.69, 9.17) is 4.74 Å². The van der Waals surface area contributed by atoms with E-state index in [1.165, 1.54) is 24.3 Å². The molecule has 0 heterocycles. The largest absolute Gasteiger partial charge is 0.613 e. The van der Waals surface area contributed by atoms with Gasteiger partial charge in [0.25, 0.3) is 10.0 Å². The molecule has 0 saturated heterocycles. The summed E-state index contributed by atoms with van der Waals surface area (Å²) < 4.78 is 30.0. The van der Waals surface area contributed by atoms with Crippen LogP contribution in [0.4, 0.5) is 0 Å². The molecule has 0 aromatic heterocycles. The zero-order valence-electron chi connectivity index (χ0n) is 9.00. The molecule has 0 atom stereocenters. The molecule has 0 amide bonds. The van der Waals surface area contributed by atoms with Crippen molar-refractivity contribution in [2.24, 2.45) is 4.40 Å². The molecule has 88 valence electrons. The van der Waals surface area contributed by atoms with Gasteiger partial charge in [0.1, 0.15) is 0 Å². The lowest BCUT2D eigenvalue weighted by Crippen LogP contribution is -2.11. The van der Waals surface area contributed by atoms with Crippen molar-refractivity contribution in [3.8, 4) is 0 Å². The Hall–Kier alpha value is -1.56. The van der Waals surface area contributed by atoms with E-state index in [0.717, 1.165) is 6.26 Å². The number of ether oxygens (including phenoxy) is 1. The van der Waals surface area contributed by atoms with Crippen molar-refractivity contribution in [1.82, 2.24) is 0 Å². The summed E-state index contributed by atoms with van der Waals surface area (Å²) in [5.41, 5.74) is 0.657. The number of allylic oxidation sites excluding steroid dienone is 5. The Kier molecular flexibility index (Phi) is 3.89. The zero-order chi connectivity index (χ0) is 12.2. The second-order valence-corrected chi connectivity index (χ2v) is 4.74. The highest BCUT2D eigenvalue weighted by atomic mass is 32.2. The van der Waals surface area contributed by atoms with Crippen LogP contribution >= 0.6 is 0 Å². The summed E-state index contributed by atoms with van der Waals surface area (Å²) in [6, 6.07) is 0. The molecule has 0 spiro atoms. The molecule has 1 rings (SSSR count). The third kappa shape index (κ3) is 3.90. The second-order valence-electron chi connectivity index (χ2n) is 3.09. The zero-order valence-corrected chi connectivity index (χ0v) is 9.82. The van der Waals surface area contributed by atoms with Gasteiger partial charge in [-0.3, -0.25) is 0 Å². The molecule has 16 heavy (non-hydrogen) atoms. The van der Waals surface area contributed by atoms with E-state index in [2.05, 4.69) is 4.40 Å². The first-order valence-corrected chi connectivity index (χ1v) is 6.47. The lowest BCUT2D eigenvalue weighted by Gasteiger charge is -2.16. The van der Waals surface area contributed by atoms with Crippen molar-refractivity contribution in [2.45, 2.75) is 6.92 Å². The lowest BCUT2D eigenvalue weighted by atomic mass is 10.1. The predicted octanol–water partition coefficient (Wildman–Crippen LogP) is 0.121. The Balaban J connectivity index is 2.90. The van der Waals surface area contributed by atoms with Crippen LogP contribution in [0.5, 0.6) is 0 Å². The van der Waals surface area contributed by atoms with E-state index in [9.17, 15) is 13.5 Å². The number of hydrogen-bond acceptors (Lipinski definition) is 4.